The molecule has 2 rings (SSSR count). The minimum absolute atomic E-state index is 0.348. The lowest BCUT2D eigenvalue weighted by Gasteiger charge is -2.32. The van der Waals surface area contributed by atoms with Crippen molar-refractivity contribution in [1.29, 1.82) is 0 Å². The lowest BCUT2D eigenvalue weighted by molar-refractivity contribution is -0.150. The van der Waals surface area contributed by atoms with E-state index in [-0.39, 0.29) is 5.97 Å². The number of rotatable bonds is 5. The van der Waals surface area contributed by atoms with Crippen molar-refractivity contribution >= 4 is 17.7 Å². The Hall–Kier alpha value is -1.88. The number of hydrogen-bond donors (Lipinski definition) is 0. The maximum absolute atomic E-state index is 12.7. The zero-order chi connectivity index (χ0) is 19.5. The molecule has 1 aromatic rings. The third-order valence-electron chi connectivity index (χ3n) is 3.65. The third-order valence-corrected chi connectivity index (χ3v) is 4.76. The molecule has 1 aliphatic heterocycles. The number of ether oxygens (including phenoxy) is 3. The number of carbonyl (C=O) groups excluding carboxylic acids is 1. The van der Waals surface area contributed by atoms with Crippen LogP contribution in [0.2, 0.25) is 0 Å². The molecule has 0 radical (unpaired) electrons. The summed E-state index contributed by atoms with van der Waals surface area (Å²) >= 11 is 1.61. The predicted octanol–water partition coefficient (Wildman–Crippen LogP) is 5.24. The molecule has 0 unspecified atom stereocenters. The molecule has 0 bridgehead atoms. The van der Waals surface area contributed by atoms with E-state index in [1.165, 1.54) is 0 Å². The summed E-state index contributed by atoms with van der Waals surface area (Å²) in [6.45, 7) is 11.4. The Labute approximate surface area is 160 Å². The summed E-state index contributed by atoms with van der Waals surface area (Å²) in [5.41, 5.74) is 0.654. The van der Waals surface area contributed by atoms with Crippen LogP contribution in [0.3, 0.4) is 0 Å². The van der Waals surface area contributed by atoms with Gasteiger partial charge in [0.1, 0.15) is 28.3 Å². The fourth-order valence-corrected chi connectivity index (χ4v) is 3.86. The van der Waals surface area contributed by atoms with Crippen LogP contribution in [0, 0.1) is 0 Å². The molecule has 4 nitrogen and oxygen atoms in total. The van der Waals surface area contributed by atoms with Crippen LogP contribution in [0.25, 0.3) is 0 Å². The van der Waals surface area contributed by atoms with Gasteiger partial charge in [0.05, 0.1) is 7.11 Å². The highest BCUT2D eigenvalue weighted by Crippen LogP contribution is 2.39. The molecular weight excluding hydrogens is 348 g/mol. The standard InChI is InChI=1S/C21H28O4S/c1-14-18(19(22)25-20(2,3)4)17(12-21(5,6)24-14)26-13-15-8-10-16(23-7)11-9-15/h8-12H,13H2,1-7H3. The first-order chi connectivity index (χ1) is 12.0. The van der Waals surface area contributed by atoms with Crippen LogP contribution in [0.1, 0.15) is 47.1 Å². The molecule has 142 valence electrons. The summed E-state index contributed by atoms with van der Waals surface area (Å²) in [6.07, 6.45) is 1.99. The summed E-state index contributed by atoms with van der Waals surface area (Å²) in [4.78, 5) is 13.6. The first kappa shape index (κ1) is 20.4. The minimum Gasteiger partial charge on any atom is -0.497 e. The maximum Gasteiger partial charge on any atom is 0.343 e. The number of esters is 1. The highest BCUT2D eigenvalue weighted by molar-refractivity contribution is 8.02. The summed E-state index contributed by atoms with van der Waals surface area (Å²) in [5.74, 6) is 1.82. The van der Waals surface area contributed by atoms with E-state index in [1.807, 2.05) is 71.9 Å². The van der Waals surface area contributed by atoms with Crippen molar-refractivity contribution < 1.29 is 19.0 Å². The average Bonchev–Trinajstić information content (AvgIpc) is 2.50. The van der Waals surface area contributed by atoms with Gasteiger partial charge in [0.25, 0.3) is 0 Å². The predicted molar refractivity (Wildman–Crippen MR) is 106 cm³/mol. The average molecular weight is 377 g/mol. The Morgan fingerprint density at radius 1 is 1.19 bits per heavy atom. The van der Waals surface area contributed by atoms with Gasteiger partial charge >= 0.3 is 5.97 Å². The molecule has 0 aliphatic carbocycles. The van der Waals surface area contributed by atoms with E-state index in [0.29, 0.717) is 11.3 Å². The Kier molecular flexibility index (Phi) is 6.12. The number of carbonyl (C=O) groups is 1. The van der Waals surface area contributed by atoms with Gasteiger partial charge in [0.15, 0.2) is 0 Å². The molecule has 1 aliphatic rings. The number of methoxy groups -OCH3 is 1. The molecule has 1 heterocycles. The van der Waals surface area contributed by atoms with Crippen LogP contribution >= 0.6 is 11.8 Å². The molecule has 26 heavy (non-hydrogen) atoms. The molecular formula is C21H28O4S. The fraction of sp³-hybridized carbons (Fsp3) is 0.476. The minimum atomic E-state index is -0.552. The normalized spacial score (nSPS) is 16.7. The highest BCUT2D eigenvalue weighted by atomic mass is 32.2. The van der Waals surface area contributed by atoms with Gasteiger partial charge < -0.3 is 14.2 Å². The number of thioether (sulfide) groups is 1. The molecule has 0 fully saturated rings. The summed E-state index contributed by atoms with van der Waals surface area (Å²) in [5, 5.41) is 0. The second-order valence-corrected chi connectivity index (χ2v) is 8.80. The van der Waals surface area contributed by atoms with Gasteiger partial charge in [-0.15, -0.1) is 11.8 Å². The van der Waals surface area contributed by atoms with Crippen molar-refractivity contribution in [3.8, 4) is 5.75 Å². The van der Waals surface area contributed by atoms with E-state index in [0.717, 1.165) is 22.0 Å². The quantitative estimate of drug-likeness (QED) is 0.658. The second kappa shape index (κ2) is 7.78. The van der Waals surface area contributed by atoms with Crippen LogP contribution in [-0.4, -0.2) is 24.3 Å². The molecule has 0 amide bonds. The van der Waals surface area contributed by atoms with Crippen molar-refractivity contribution in [2.75, 3.05) is 7.11 Å². The molecule has 1 aromatic carbocycles. The van der Waals surface area contributed by atoms with Crippen LogP contribution in [-0.2, 0) is 20.0 Å². The van der Waals surface area contributed by atoms with E-state index < -0.39 is 11.2 Å². The monoisotopic (exact) mass is 376 g/mol. The third kappa shape index (κ3) is 5.56. The lowest BCUT2D eigenvalue weighted by atomic mass is 10.0. The van der Waals surface area contributed by atoms with Crippen molar-refractivity contribution in [2.24, 2.45) is 0 Å². The van der Waals surface area contributed by atoms with Crippen LogP contribution in [0.15, 0.2) is 46.6 Å². The Bertz CT molecular complexity index is 721. The lowest BCUT2D eigenvalue weighted by Crippen LogP contribution is -2.30. The molecule has 0 atom stereocenters. The Morgan fingerprint density at radius 3 is 2.35 bits per heavy atom. The van der Waals surface area contributed by atoms with Gasteiger partial charge in [-0.3, -0.25) is 0 Å². The Morgan fingerprint density at radius 2 is 1.81 bits per heavy atom. The summed E-state index contributed by atoms with van der Waals surface area (Å²) in [7, 11) is 1.65. The molecule has 0 N–H and O–H groups in total. The second-order valence-electron chi connectivity index (χ2n) is 7.78. The van der Waals surface area contributed by atoms with Crippen molar-refractivity contribution in [2.45, 2.75) is 58.5 Å². The van der Waals surface area contributed by atoms with Crippen LogP contribution < -0.4 is 4.74 Å². The number of hydrogen-bond acceptors (Lipinski definition) is 5. The van der Waals surface area contributed by atoms with Crippen molar-refractivity contribution in [3.05, 3.63) is 52.1 Å². The highest BCUT2D eigenvalue weighted by Gasteiger charge is 2.33. The van der Waals surface area contributed by atoms with Crippen LogP contribution in [0.5, 0.6) is 5.75 Å². The van der Waals surface area contributed by atoms with Crippen LogP contribution in [0.4, 0.5) is 0 Å². The number of benzene rings is 1. The molecule has 0 spiro atoms. The molecule has 0 saturated heterocycles. The first-order valence-corrected chi connectivity index (χ1v) is 9.61. The summed E-state index contributed by atoms with van der Waals surface area (Å²) < 4.78 is 16.7. The van der Waals surface area contributed by atoms with E-state index in [2.05, 4.69) is 0 Å². The van der Waals surface area contributed by atoms with Gasteiger partial charge in [-0.2, -0.15) is 0 Å². The smallest absolute Gasteiger partial charge is 0.343 e. The number of allylic oxidation sites excluding steroid dienone is 1. The largest absolute Gasteiger partial charge is 0.497 e. The van der Waals surface area contributed by atoms with E-state index >= 15 is 0 Å². The van der Waals surface area contributed by atoms with Gasteiger partial charge in [-0.05, 0) is 65.3 Å². The van der Waals surface area contributed by atoms with Gasteiger partial charge in [-0.25, -0.2) is 4.79 Å². The van der Waals surface area contributed by atoms with E-state index in [1.54, 1.807) is 18.9 Å². The molecule has 0 saturated carbocycles. The fourth-order valence-electron chi connectivity index (χ4n) is 2.61. The topological polar surface area (TPSA) is 44.8 Å². The van der Waals surface area contributed by atoms with E-state index in [4.69, 9.17) is 14.2 Å². The van der Waals surface area contributed by atoms with Crippen molar-refractivity contribution in [1.82, 2.24) is 0 Å². The first-order valence-electron chi connectivity index (χ1n) is 8.63. The van der Waals surface area contributed by atoms with Gasteiger partial charge in [0, 0.05) is 10.7 Å². The van der Waals surface area contributed by atoms with E-state index in [9.17, 15) is 4.79 Å². The Balaban J connectivity index is 2.22. The maximum atomic E-state index is 12.7. The summed E-state index contributed by atoms with van der Waals surface area (Å²) in [6, 6.07) is 7.93. The zero-order valence-electron chi connectivity index (χ0n) is 16.6. The molecule has 5 heteroatoms. The molecule has 0 aromatic heterocycles. The SMILES string of the molecule is COc1ccc(CSC2=CC(C)(C)OC(C)=C2C(=O)OC(C)(C)C)cc1. The van der Waals surface area contributed by atoms with Gasteiger partial charge in [-0.1, -0.05) is 12.1 Å². The zero-order valence-corrected chi connectivity index (χ0v) is 17.5. The van der Waals surface area contributed by atoms with Crippen molar-refractivity contribution in [3.63, 3.8) is 0 Å². The van der Waals surface area contributed by atoms with Gasteiger partial charge in [0.2, 0.25) is 0 Å².